The van der Waals surface area contributed by atoms with Gasteiger partial charge in [-0.25, -0.2) is 0 Å². The third kappa shape index (κ3) is 4.00. The Morgan fingerprint density at radius 2 is 1.83 bits per heavy atom. The Bertz CT molecular complexity index is 785. The zero-order valence-electron chi connectivity index (χ0n) is 18.1. The maximum absolute atomic E-state index is 13.8. The van der Waals surface area contributed by atoms with Crippen molar-refractivity contribution in [1.82, 2.24) is 9.80 Å². The standard InChI is InChI=1S/C24H33F3N2O/c1-17(2)23(10-8-21(15-23)28-11-4-3-5-12-28)22(30)29-13-9-18-6-7-20(24(25,26)27)14-19(18)16-29/h6-7,14,17,21H,3-5,8-13,15-16H2,1-2H3/t21-,23+/m1/s1. The van der Waals surface area contributed by atoms with Crippen LogP contribution in [0, 0.1) is 11.3 Å². The number of rotatable bonds is 3. The van der Waals surface area contributed by atoms with E-state index in [-0.39, 0.29) is 17.2 Å². The summed E-state index contributed by atoms with van der Waals surface area (Å²) >= 11 is 0. The number of carbonyl (C=O) groups is 1. The highest BCUT2D eigenvalue weighted by atomic mass is 19.4. The molecule has 0 N–H and O–H groups in total. The Kier molecular flexibility index (Phi) is 5.90. The van der Waals surface area contributed by atoms with E-state index < -0.39 is 11.7 Å². The SMILES string of the molecule is CC(C)[C@]1(C(=O)N2CCc3ccc(C(F)(F)F)cc3C2)CC[C@@H](N2CCCCC2)C1. The second-order valence-corrected chi connectivity index (χ2v) is 9.76. The van der Waals surface area contributed by atoms with Crippen molar-refractivity contribution < 1.29 is 18.0 Å². The molecule has 1 aromatic rings. The second-order valence-electron chi connectivity index (χ2n) is 9.76. The van der Waals surface area contributed by atoms with E-state index in [0.29, 0.717) is 31.1 Å². The molecule has 1 aliphatic carbocycles. The molecule has 3 nitrogen and oxygen atoms in total. The Balaban J connectivity index is 1.52. The van der Waals surface area contributed by atoms with Gasteiger partial charge in [0.25, 0.3) is 0 Å². The summed E-state index contributed by atoms with van der Waals surface area (Å²) in [6, 6.07) is 4.44. The Morgan fingerprint density at radius 3 is 2.50 bits per heavy atom. The minimum atomic E-state index is -4.35. The fraction of sp³-hybridized carbons (Fsp3) is 0.708. The van der Waals surface area contributed by atoms with Crippen LogP contribution < -0.4 is 0 Å². The minimum absolute atomic E-state index is 0.153. The molecule has 2 aliphatic heterocycles. The van der Waals surface area contributed by atoms with Crippen LogP contribution in [0.2, 0.25) is 0 Å². The Hall–Kier alpha value is -1.56. The number of halogens is 3. The van der Waals surface area contributed by atoms with Crippen molar-refractivity contribution in [3.8, 4) is 0 Å². The first-order valence-electron chi connectivity index (χ1n) is 11.4. The molecule has 0 bridgehead atoms. The van der Waals surface area contributed by atoms with Crippen LogP contribution in [-0.2, 0) is 23.9 Å². The summed E-state index contributed by atoms with van der Waals surface area (Å²) in [5.74, 6) is 0.378. The zero-order chi connectivity index (χ0) is 21.5. The molecule has 166 valence electrons. The lowest BCUT2D eigenvalue weighted by molar-refractivity contribution is -0.146. The quantitative estimate of drug-likeness (QED) is 0.662. The van der Waals surface area contributed by atoms with E-state index in [1.165, 1.54) is 25.3 Å². The van der Waals surface area contributed by atoms with Gasteiger partial charge in [-0.15, -0.1) is 0 Å². The number of alkyl halides is 3. The van der Waals surface area contributed by atoms with E-state index in [1.54, 1.807) is 6.07 Å². The first-order chi connectivity index (χ1) is 14.2. The van der Waals surface area contributed by atoms with Crippen LogP contribution in [0.1, 0.15) is 69.1 Å². The molecule has 6 heteroatoms. The van der Waals surface area contributed by atoms with Crippen molar-refractivity contribution in [3.63, 3.8) is 0 Å². The van der Waals surface area contributed by atoms with E-state index in [0.717, 1.165) is 44.0 Å². The van der Waals surface area contributed by atoms with Gasteiger partial charge in [-0.2, -0.15) is 13.2 Å². The summed E-state index contributed by atoms with van der Waals surface area (Å²) in [4.78, 5) is 18.2. The van der Waals surface area contributed by atoms with Gasteiger partial charge in [-0.1, -0.05) is 26.3 Å². The first kappa shape index (κ1) is 21.7. The van der Waals surface area contributed by atoms with Gasteiger partial charge in [0.05, 0.1) is 11.0 Å². The molecule has 1 saturated carbocycles. The van der Waals surface area contributed by atoms with Crippen LogP contribution in [-0.4, -0.2) is 41.4 Å². The average molecular weight is 423 g/mol. The number of hydrogen-bond acceptors (Lipinski definition) is 2. The predicted octanol–water partition coefficient (Wildman–Crippen LogP) is 5.27. The summed E-state index contributed by atoms with van der Waals surface area (Å²) in [6.45, 7) is 7.42. The van der Waals surface area contributed by atoms with Crippen LogP contribution in [0.25, 0.3) is 0 Å². The number of hydrogen-bond donors (Lipinski definition) is 0. The molecule has 1 amide bonds. The lowest BCUT2D eigenvalue weighted by Gasteiger charge is -2.40. The highest BCUT2D eigenvalue weighted by Gasteiger charge is 2.50. The number of carbonyl (C=O) groups excluding carboxylic acids is 1. The molecule has 0 aromatic heterocycles. The maximum atomic E-state index is 13.8. The van der Waals surface area contributed by atoms with E-state index in [9.17, 15) is 18.0 Å². The first-order valence-corrected chi connectivity index (χ1v) is 11.4. The third-order valence-electron chi connectivity index (χ3n) is 7.79. The van der Waals surface area contributed by atoms with E-state index in [2.05, 4.69) is 18.7 Å². The van der Waals surface area contributed by atoms with Crippen LogP contribution in [0.4, 0.5) is 13.2 Å². The summed E-state index contributed by atoms with van der Waals surface area (Å²) in [7, 11) is 0. The summed E-state index contributed by atoms with van der Waals surface area (Å²) < 4.78 is 39.5. The van der Waals surface area contributed by atoms with E-state index in [1.807, 2.05) is 4.90 Å². The van der Waals surface area contributed by atoms with Crippen molar-refractivity contribution in [3.05, 3.63) is 34.9 Å². The van der Waals surface area contributed by atoms with Gasteiger partial charge < -0.3 is 9.80 Å². The highest BCUT2D eigenvalue weighted by Crippen LogP contribution is 2.48. The molecule has 0 spiro atoms. The molecule has 4 rings (SSSR count). The summed E-state index contributed by atoms with van der Waals surface area (Å²) in [5.41, 5.74) is 0.568. The van der Waals surface area contributed by atoms with Crippen molar-refractivity contribution in [2.45, 2.75) is 77.6 Å². The largest absolute Gasteiger partial charge is 0.416 e. The molecule has 3 aliphatic rings. The fourth-order valence-electron chi connectivity index (χ4n) is 5.83. The number of benzene rings is 1. The van der Waals surface area contributed by atoms with Gasteiger partial charge in [-0.05, 0) is 80.8 Å². The van der Waals surface area contributed by atoms with Crippen molar-refractivity contribution >= 4 is 5.91 Å². The zero-order valence-corrected chi connectivity index (χ0v) is 18.1. The molecule has 2 fully saturated rings. The van der Waals surface area contributed by atoms with E-state index >= 15 is 0 Å². The molecule has 2 atom stereocenters. The van der Waals surface area contributed by atoms with Gasteiger partial charge in [-0.3, -0.25) is 4.79 Å². The monoisotopic (exact) mass is 422 g/mol. The van der Waals surface area contributed by atoms with Crippen LogP contribution in [0.5, 0.6) is 0 Å². The van der Waals surface area contributed by atoms with Gasteiger partial charge >= 0.3 is 6.18 Å². The molecule has 30 heavy (non-hydrogen) atoms. The predicted molar refractivity (Wildman–Crippen MR) is 111 cm³/mol. The number of amides is 1. The van der Waals surface area contributed by atoms with Crippen molar-refractivity contribution in [1.29, 1.82) is 0 Å². The lowest BCUT2D eigenvalue weighted by Crippen LogP contribution is -2.48. The minimum Gasteiger partial charge on any atom is -0.338 e. The highest BCUT2D eigenvalue weighted by molar-refractivity contribution is 5.84. The molecular formula is C24H33F3N2O. The number of likely N-dealkylation sites (tertiary alicyclic amines) is 1. The topological polar surface area (TPSA) is 23.6 Å². The molecular weight excluding hydrogens is 389 g/mol. The van der Waals surface area contributed by atoms with Crippen LogP contribution in [0.15, 0.2) is 18.2 Å². The molecule has 2 heterocycles. The maximum Gasteiger partial charge on any atom is 0.416 e. The van der Waals surface area contributed by atoms with Crippen LogP contribution in [0.3, 0.4) is 0 Å². The average Bonchev–Trinajstić information content (AvgIpc) is 3.19. The smallest absolute Gasteiger partial charge is 0.338 e. The lowest BCUT2D eigenvalue weighted by atomic mass is 9.73. The number of piperidine rings is 1. The number of nitrogens with zero attached hydrogens (tertiary/aromatic N) is 2. The number of fused-ring (bicyclic) bond motifs is 1. The Morgan fingerprint density at radius 1 is 1.10 bits per heavy atom. The molecule has 1 aromatic carbocycles. The van der Waals surface area contributed by atoms with Crippen LogP contribution >= 0.6 is 0 Å². The summed E-state index contributed by atoms with van der Waals surface area (Å²) in [6.07, 6.45) is 2.87. The molecule has 0 unspecified atom stereocenters. The third-order valence-corrected chi connectivity index (χ3v) is 7.79. The normalized spacial score (nSPS) is 28.1. The van der Waals surface area contributed by atoms with Gasteiger partial charge in [0.1, 0.15) is 0 Å². The van der Waals surface area contributed by atoms with Crippen molar-refractivity contribution in [2.24, 2.45) is 11.3 Å². The molecule has 1 saturated heterocycles. The van der Waals surface area contributed by atoms with E-state index in [4.69, 9.17) is 0 Å². The Labute approximate surface area is 177 Å². The van der Waals surface area contributed by atoms with Gasteiger partial charge in [0.2, 0.25) is 5.91 Å². The fourth-order valence-corrected chi connectivity index (χ4v) is 5.83. The van der Waals surface area contributed by atoms with Gasteiger partial charge in [0, 0.05) is 19.1 Å². The van der Waals surface area contributed by atoms with Gasteiger partial charge in [0.15, 0.2) is 0 Å². The van der Waals surface area contributed by atoms with Crippen molar-refractivity contribution in [2.75, 3.05) is 19.6 Å². The summed E-state index contributed by atoms with van der Waals surface area (Å²) in [5, 5.41) is 0. The molecule has 0 radical (unpaired) electrons. The second kappa shape index (κ2) is 8.18.